The van der Waals surface area contributed by atoms with E-state index < -0.39 is 0 Å². The van der Waals surface area contributed by atoms with Crippen molar-refractivity contribution in [2.24, 2.45) is 4.99 Å². The number of hydrogen-bond donors (Lipinski definition) is 2. The van der Waals surface area contributed by atoms with Crippen LogP contribution in [-0.4, -0.2) is 50.6 Å². The second-order valence-electron chi connectivity index (χ2n) is 6.15. The lowest BCUT2D eigenvalue weighted by atomic mass is 10.1. The zero-order valence-corrected chi connectivity index (χ0v) is 17.1. The number of nitrogens with one attached hydrogen (secondary N) is 2. The molecule has 1 aliphatic heterocycles. The largest absolute Gasteiger partial charge is 0.356 e. The van der Waals surface area contributed by atoms with Crippen molar-refractivity contribution < 1.29 is 4.39 Å². The van der Waals surface area contributed by atoms with E-state index >= 15 is 0 Å². The predicted molar refractivity (Wildman–Crippen MR) is 110 cm³/mol. The third kappa shape index (κ3) is 7.34. The molecule has 0 aliphatic carbocycles. The minimum atomic E-state index is -0.172. The van der Waals surface area contributed by atoms with E-state index in [0.29, 0.717) is 0 Å². The van der Waals surface area contributed by atoms with Crippen LogP contribution in [0.1, 0.15) is 30.4 Å². The topological polar surface area (TPSA) is 39.7 Å². The Hall–Kier alpha value is -0.890. The quantitative estimate of drug-likeness (QED) is 0.400. The van der Waals surface area contributed by atoms with Crippen molar-refractivity contribution in [3.8, 4) is 0 Å². The number of piperidine rings is 1. The Bertz CT molecular complexity index is 516. The molecule has 0 unspecified atom stereocenters. The highest BCUT2D eigenvalue weighted by Crippen LogP contribution is 2.10. The second kappa shape index (κ2) is 11.6. The fourth-order valence-corrected chi connectivity index (χ4v) is 2.99. The number of halogens is 2. The standard InChI is InChI=1S/C18H29FN4.HI/c1-15-14-17(19)7-6-16(15)8-9-21-18(20-2)22-10-13-23-11-4-3-5-12-23;/h6-7,14H,3-5,8-13H2,1-2H3,(H2,20,21,22);1H. The Labute approximate surface area is 162 Å². The van der Waals surface area contributed by atoms with Crippen LogP contribution in [0.15, 0.2) is 23.2 Å². The Balaban J connectivity index is 0.00000288. The Morgan fingerprint density at radius 1 is 1.17 bits per heavy atom. The summed E-state index contributed by atoms with van der Waals surface area (Å²) >= 11 is 0. The zero-order chi connectivity index (χ0) is 16.5. The molecule has 1 fully saturated rings. The fourth-order valence-electron chi connectivity index (χ4n) is 2.99. The van der Waals surface area contributed by atoms with Gasteiger partial charge in [0, 0.05) is 26.7 Å². The number of aliphatic imine (C=N–C) groups is 1. The molecule has 1 heterocycles. The SMILES string of the molecule is CN=C(NCCc1ccc(F)cc1C)NCCN1CCCCC1.I. The van der Waals surface area contributed by atoms with Gasteiger partial charge in [-0.05, 0) is 62.5 Å². The van der Waals surface area contributed by atoms with Gasteiger partial charge in [0.05, 0.1) is 0 Å². The molecule has 1 aromatic carbocycles. The molecule has 0 aromatic heterocycles. The smallest absolute Gasteiger partial charge is 0.191 e. The van der Waals surface area contributed by atoms with Crippen LogP contribution >= 0.6 is 24.0 Å². The second-order valence-corrected chi connectivity index (χ2v) is 6.15. The minimum Gasteiger partial charge on any atom is -0.356 e. The van der Waals surface area contributed by atoms with Crippen molar-refractivity contribution in [3.63, 3.8) is 0 Å². The number of rotatable bonds is 6. The summed E-state index contributed by atoms with van der Waals surface area (Å²) in [6.45, 7) is 7.15. The molecule has 136 valence electrons. The summed E-state index contributed by atoms with van der Waals surface area (Å²) in [5, 5.41) is 6.69. The zero-order valence-electron chi connectivity index (χ0n) is 14.8. The average molecular weight is 448 g/mol. The van der Waals surface area contributed by atoms with Crippen LogP contribution < -0.4 is 10.6 Å². The number of likely N-dealkylation sites (tertiary alicyclic amines) is 1. The van der Waals surface area contributed by atoms with E-state index in [9.17, 15) is 4.39 Å². The maximum atomic E-state index is 13.1. The molecule has 0 saturated carbocycles. The van der Waals surface area contributed by atoms with E-state index in [0.717, 1.165) is 37.6 Å². The summed E-state index contributed by atoms with van der Waals surface area (Å²) in [5.74, 6) is 0.663. The van der Waals surface area contributed by atoms with Gasteiger partial charge in [0.2, 0.25) is 0 Å². The van der Waals surface area contributed by atoms with Crippen molar-refractivity contribution in [3.05, 3.63) is 35.1 Å². The third-order valence-electron chi connectivity index (χ3n) is 4.38. The van der Waals surface area contributed by atoms with Gasteiger partial charge in [-0.15, -0.1) is 24.0 Å². The van der Waals surface area contributed by atoms with Crippen LogP contribution in [0.3, 0.4) is 0 Å². The molecule has 0 radical (unpaired) electrons. The molecule has 1 saturated heterocycles. The normalized spacial score (nSPS) is 15.7. The van der Waals surface area contributed by atoms with Crippen molar-refractivity contribution in [1.29, 1.82) is 0 Å². The molecule has 1 aliphatic rings. The Morgan fingerprint density at radius 3 is 2.54 bits per heavy atom. The molecule has 0 bridgehead atoms. The summed E-state index contributed by atoms with van der Waals surface area (Å²) in [6.07, 6.45) is 4.88. The van der Waals surface area contributed by atoms with Gasteiger partial charge in [-0.3, -0.25) is 4.99 Å². The molecule has 0 atom stereocenters. The third-order valence-corrected chi connectivity index (χ3v) is 4.38. The van der Waals surface area contributed by atoms with Crippen LogP contribution in [0.4, 0.5) is 4.39 Å². The summed E-state index contributed by atoms with van der Waals surface area (Å²) in [7, 11) is 1.79. The van der Waals surface area contributed by atoms with E-state index in [2.05, 4.69) is 20.5 Å². The first-order valence-electron chi connectivity index (χ1n) is 8.61. The number of guanidine groups is 1. The van der Waals surface area contributed by atoms with Gasteiger partial charge in [-0.2, -0.15) is 0 Å². The van der Waals surface area contributed by atoms with Crippen LogP contribution in [0, 0.1) is 12.7 Å². The van der Waals surface area contributed by atoms with Gasteiger partial charge in [0.15, 0.2) is 5.96 Å². The van der Waals surface area contributed by atoms with E-state index in [1.807, 2.05) is 13.0 Å². The summed E-state index contributed by atoms with van der Waals surface area (Å²) in [4.78, 5) is 6.76. The van der Waals surface area contributed by atoms with Crippen molar-refractivity contribution >= 4 is 29.9 Å². The first-order chi connectivity index (χ1) is 11.2. The van der Waals surface area contributed by atoms with Gasteiger partial charge >= 0.3 is 0 Å². The monoisotopic (exact) mass is 448 g/mol. The lowest BCUT2D eigenvalue weighted by Gasteiger charge is -2.26. The van der Waals surface area contributed by atoms with E-state index in [1.54, 1.807) is 13.1 Å². The van der Waals surface area contributed by atoms with Gasteiger partial charge in [0.1, 0.15) is 5.82 Å². The highest BCUT2D eigenvalue weighted by atomic mass is 127. The summed E-state index contributed by atoms with van der Waals surface area (Å²) in [6, 6.07) is 4.97. The number of nitrogens with zero attached hydrogens (tertiary/aromatic N) is 2. The van der Waals surface area contributed by atoms with Gasteiger partial charge in [-0.1, -0.05) is 12.5 Å². The predicted octanol–water partition coefficient (Wildman–Crippen LogP) is 2.95. The first kappa shape index (κ1) is 21.2. The number of aryl methyl sites for hydroxylation is 1. The minimum absolute atomic E-state index is 0. The number of benzene rings is 1. The first-order valence-corrected chi connectivity index (χ1v) is 8.61. The van der Waals surface area contributed by atoms with Gasteiger partial charge in [-0.25, -0.2) is 4.39 Å². The van der Waals surface area contributed by atoms with Crippen molar-refractivity contribution in [2.75, 3.05) is 39.8 Å². The molecular weight excluding hydrogens is 418 g/mol. The van der Waals surface area contributed by atoms with E-state index in [-0.39, 0.29) is 29.8 Å². The summed E-state index contributed by atoms with van der Waals surface area (Å²) in [5.41, 5.74) is 2.17. The number of hydrogen-bond acceptors (Lipinski definition) is 2. The van der Waals surface area contributed by atoms with Crippen LogP contribution in [0.25, 0.3) is 0 Å². The lowest BCUT2D eigenvalue weighted by molar-refractivity contribution is 0.232. The molecule has 1 aromatic rings. The van der Waals surface area contributed by atoms with Crippen molar-refractivity contribution in [1.82, 2.24) is 15.5 Å². The summed E-state index contributed by atoms with van der Waals surface area (Å²) < 4.78 is 13.1. The van der Waals surface area contributed by atoms with E-state index in [4.69, 9.17) is 0 Å². The molecule has 0 spiro atoms. The van der Waals surface area contributed by atoms with E-state index in [1.165, 1.54) is 44.0 Å². The van der Waals surface area contributed by atoms with Crippen molar-refractivity contribution in [2.45, 2.75) is 32.6 Å². The molecule has 4 nitrogen and oxygen atoms in total. The lowest BCUT2D eigenvalue weighted by Crippen LogP contribution is -2.43. The molecule has 6 heteroatoms. The molecular formula is C18H30FIN4. The van der Waals surface area contributed by atoms with Gasteiger partial charge < -0.3 is 15.5 Å². The fraction of sp³-hybridized carbons (Fsp3) is 0.611. The molecule has 0 amide bonds. The van der Waals surface area contributed by atoms with Crippen LogP contribution in [-0.2, 0) is 6.42 Å². The highest BCUT2D eigenvalue weighted by molar-refractivity contribution is 14.0. The maximum Gasteiger partial charge on any atom is 0.191 e. The van der Waals surface area contributed by atoms with Gasteiger partial charge in [0.25, 0.3) is 0 Å². The molecule has 2 N–H and O–H groups in total. The Morgan fingerprint density at radius 2 is 1.88 bits per heavy atom. The average Bonchev–Trinajstić information content (AvgIpc) is 2.56. The molecule has 2 rings (SSSR count). The Kier molecular flexibility index (Phi) is 10.2. The van der Waals surface area contributed by atoms with Crippen LogP contribution in [0.5, 0.6) is 0 Å². The van der Waals surface area contributed by atoms with Crippen LogP contribution in [0.2, 0.25) is 0 Å². The highest BCUT2D eigenvalue weighted by Gasteiger charge is 2.09. The maximum absolute atomic E-state index is 13.1. The molecule has 24 heavy (non-hydrogen) atoms.